The lowest BCUT2D eigenvalue weighted by Gasteiger charge is -2.16. The Hall–Kier alpha value is -2.41. The standard InChI is InChI=1S/C14H16N4O3/c1-21-14-7-10(18(19)20)4-5-12(14)17-9-15-8-13(17)11-3-2-6-16-11/h4-5,7-9,11,16H,2-3,6H2,1H3. The molecule has 0 saturated carbocycles. The predicted octanol–water partition coefficient (Wildman–Crippen LogP) is 2.21. The van der Waals surface area contributed by atoms with Crippen molar-refractivity contribution in [1.82, 2.24) is 14.9 Å². The van der Waals surface area contributed by atoms with Gasteiger partial charge in [0.15, 0.2) is 0 Å². The van der Waals surface area contributed by atoms with Crippen molar-refractivity contribution < 1.29 is 9.66 Å². The van der Waals surface area contributed by atoms with Crippen molar-refractivity contribution in [3.05, 3.63) is 46.5 Å². The average Bonchev–Trinajstić information content (AvgIpc) is 3.16. The minimum atomic E-state index is -0.431. The summed E-state index contributed by atoms with van der Waals surface area (Å²) in [6.45, 7) is 0.993. The Balaban J connectivity index is 2.04. The van der Waals surface area contributed by atoms with Crippen LogP contribution in [0.5, 0.6) is 5.75 Å². The smallest absolute Gasteiger partial charge is 0.273 e. The summed E-state index contributed by atoms with van der Waals surface area (Å²) in [5, 5.41) is 14.3. The Morgan fingerprint density at radius 3 is 3.05 bits per heavy atom. The van der Waals surface area contributed by atoms with Crippen molar-refractivity contribution in [3.63, 3.8) is 0 Å². The highest BCUT2D eigenvalue weighted by Crippen LogP contribution is 2.31. The van der Waals surface area contributed by atoms with E-state index in [4.69, 9.17) is 4.74 Å². The Morgan fingerprint density at radius 2 is 2.38 bits per heavy atom. The van der Waals surface area contributed by atoms with Gasteiger partial charge in [0.2, 0.25) is 0 Å². The minimum Gasteiger partial charge on any atom is -0.494 e. The summed E-state index contributed by atoms with van der Waals surface area (Å²) in [5.74, 6) is 0.460. The molecule has 2 aromatic rings. The lowest BCUT2D eigenvalue weighted by atomic mass is 10.1. The van der Waals surface area contributed by atoms with Gasteiger partial charge in [-0.15, -0.1) is 0 Å². The van der Waals surface area contributed by atoms with Gasteiger partial charge in [-0.2, -0.15) is 0 Å². The fraction of sp³-hybridized carbons (Fsp3) is 0.357. The average molecular weight is 288 g/mol. The number of benzene rings is 1. The van der Waals surface area contributed by atoms with Crippen LogP contribution in [0.3, 0.4) is 0 Å². The highest BCUT2D eigenvalue weighted by molar-refractivity contribution is 5.54. The van der Waals surface area contributed by atoms with Gasteiger partial charge in [-0.3, -0.25) is 14.7 Å². The molecule has 0 amide bonds. The zero-order valence-electron chi connectivity index (χ0n) is 11.7. The largest absolute Gasteiger partial charge is 0.494 e. The molecule has 3 rings (SSSR count). The van der Waals surface area contributed by atoms with E-state index in [0.717, 1.165) is 30.8 Å². The van der Waals surface area contributed by atoms with E-state index in [0.29, 0.717) is 5.75 Å². The van der Waals surface area contributed by atoms with Crippen LogP contribution in [0.1, 0.15) is 24.6 Å². The summed E-state index contributed by atoms with van der Waals surface area (Å²) < 4.78 is 7.23. The predicted molar refractivity (Wildman–Crippen MR) is 76.7 cm³/mol. The number of hydrogen-bond acceptors (Lipinski definition) is 5. The van der Waals surface area contributed by atoms with Gasteiger partial charge in [-0.25, -0.2) is 4.98 Å². The van der Waals surface area contributed by atoms with Crippen molar-refractivity contribution >= 4 is 5.69 Å². The Morgan fingerprint density at radius 1 is 1.52 bits per heavy atom. The second kappa shape index (κ2) is 5.53. The molecule has 0 spiro atoms. The summed E-state index contributed by atoms with van der Waals surface area (Å²) in [5.41, 5.74) is 1.81. The van der Waals surface area contributed by atoms with Crippen LogP contribution in [0.25, 0.3) is 5.69 Å². The van der Waals surface area contributed by atoms with E-state index in [1.165, 1.54) is 19.2 Å². The molecule has 21 heavy (non-hydrogen) atoms. The number of methoxy groups -OCH3 is 1. The van der Waals surface area contributed by atoms with Crippen molar-refractivity contribution in [3.8, 4) is 11.4 Å². The summed E-state index contributed by atoms with van der Waals surface area (Å²) in [4.78, 5) is 14.6. The third kappa shape index (κ3) is 2.47. The van der Waals surface area contributed by atoms with E-state index >= 15 is 0 Å². The molecule has 1 aromatic carbocycles. The van der Waals surface area contributed by atoms with Crippen LogP contribution in [-0.2, 0) is 0 Å². The van der Waals surface area contributed by atoms with Crippen LogP contribution in [0.15, 0.2) is 30.7 Å². The van der Waals surface area contributed by atoms with Crippen molar-refractivity contribution in [2.24, 2.45) is 0 Å². The topological polar surface area (TPSA) is 82.2 Å². The van der Waals surface area contributed by atoms with E-state index < -0.39 is 4.92 Å². The van der Waals surface area contributed by atoms with Crippen molar-refractivity contribution in [2.75, 3.05) is 13.7 Å². The molecule has 0 radical (unpaired) electrons. The van der Waals surface area contributed by atoms with E-state index in [2.05, 4.69) is 10.3 Å². The van der Waals surface area contributed by atoms with Crippen LogP contribution in [-0.4, -0.2) is 28.1 Å². The van der Waals surface area contributed by atoms with Crippen LogP contribution < -0.4 is 10.1 Å². The number of imidazole rings is 1. The summed E-state index contributed by atoms with van der Waals surface area (Å²) in [6, 6.07) is 4.86. The zero-order valence-corrected chi connectivity index (χ0v) is 11.7. The summed E-state index contributed by atoms with van der Waals surface area (Å²) >= 11 is 0. The van der Waals surface area contributed by atoms with Gasteiger partial charge >= 0.3 is 0 Å². The van der Waals surface area contributed by atoms with Gasteiger partial charge in [0.25, 0.3) is 5.69 Å². The number of nitro groups is 1. The van der Waals surface area contributed by atoms with E-state index in [1.54, 1.807) is 12.4 Å². The Labute approximate surface area is 121 Å². The normalized spacial score (nSPS) is 17.9. The molecule has 0 aliphatic carbocycles. The Kier molecular flexibility index (Phi) is 3.57. The van der Waals surface area contributed by atoms with E-state index in [1.807, 2.05) is 10.8 Å². The molecule has 2 heterocycles. The second-order valence-electron chi connectivity index (χ2n) is 4.95. The lowest BCUT2D eigenvalue weighted by Crippen LogP contribution is -2.16. The number of hydrogen-bond donors (Lipinski definition) is 1. The highest BCUT2D eigenvalue weighted by Gasteiger charge is 2.22. The third-order valence-corrected chi connectivity index (χ3v) is 3.72. The number of rotatable bonds is 4. The maximum Gasteiger partial charge on any atom is 0.273 e. The minimum absolute atomic E-state index is 0.0104. The van der Waals surface area contributed by atoms with Crippen LogP contribution in [0.2, 0.25) is 0 Å². The molecule has 1 aliphatic rings. The molecule has 1 saturated heterocycles. The Bertz CT molecular complexity index is 662. The quantitative estimate of drug-likeness (QED) is 0.689. The molecule has 7 nitrogen and oxygen atoms in total. The summed E-state index contributed by atoms with van der Waals surface area (Å²) in [7, 11) is 1.51. The number of nitrogens with zero attached hydrogens (tertiary/aromatic N) is 3. The number of ether oxygens (including phenoxy) is 1. The summed E-state index contributed by atoms with van der Waals surface area (Å²) in [6.07, 6.45) is 5.72. The second-order valence-corrected chi connectivity index (χ2v) is 4.95. The number of nitrogens with one attached hydrogen (secondary N) is 1. The number of nitro benzene ring substituents is 1. The first-order valence-corrected chi connectivity index (χ1v) is 6.79. The maximum atomic E-state index is 10.9. The van der Waals surface area contributed by atoms with Gasteiger partial charge in [0.05, 0.1) is 42.0 Å². The maximum absolute atomic E-state index is 10.9. The molecule has 110 valence electrons. The van der Waals surface area contributed by atoms with E-state index in [9.17, 15) is 10.1 Å². The van der Waals surface area contributed by atoms with Crippen molar-refractivity contribution in [1.29, 1.82) is 0 Å². The number of non-ortho nitro benzene ring substituents is 1. The van der Waals surface area contributed by atoms with E-state index in [-0.39, 0.29) is 11.7 Å². The molecule has 1 unspecified atom stereocenters. The molecule has 1 aromatic heterocycles. The van der Waals surface area contributed by atoms with Crippen LogP contribution >= 0.6 is 0 Å². The first kappa shape index (κ1) is 13.6. The number of aromatic nitrogens is 2. The first-order chi connectivity index (χ1) is 10.2. The SMILES string of the molecule is COc1cc([N+](=O)[O-])ccc1-n1cncc1C1CCCN1. The monoisotopic (exact) mass is 288 g/mol. The fourth-order valence-electron chi connectivity index (χ4n) is 2.68. The molecule has 0 bridgehead atoms. The first-order valence-electron chi connectivity index (χ1n) is 6.79. The highest BCUT2D eigenvalue weighted by atomic mass is 16.6. The lowest BCUT2D eigenvalue weighted by molar-refractivity contribution is -0.384. The molecule has 1 atom stereocenters. The van der Waals surface area contributed by atoms with Gasteiger partial charge in [-0.1, -0.05) is 0 Å². The van der Waals surface area contributed by atoms with Crippen LogP contribution in [0, 0.1) is 10.1 Å². The molecule has 1 aliphatic heterocycles. The molecular weight excluding hydrogens is 272 g/mol. The molecule has 7 heteroatoms. The van der Waals surface area contributed by atoms with Crippen molar-refractivity contribution in [2.45, 2.75) is 18.9 Å². The molecular formula is C14H16N4O3. The third-order valence-electron chi connectivity index (χ3n) is 3.72. The van der Waals surface area contributed by atoms with Crippen LogP contribution in [0.4, 0.5) is 5.69 Å². The van der Waals surface area contributed by atoms with Gasteiger partial charge < -0.3 is 10.1 Å². The zero-order chi connectivity index (χ0) is 14.8. The van der Waals surface area contributed by atoms with Gasteiger partial charge in [-0.05, 0) is 25.5 Å². The van der Waals surface area contributed by atoms with Gasteiger partial charge in [0.1, 0.15) is 5.75 Å². The molecule has 1 N–H and O–H groups in total. The van der Waals surface area contributed by atoms with Gasteiger partial charge in [0, 0.05) is 12.1 Å². The molecule has 1 fully saturated rings. The fourth-order valence-corrected chi connectivity index (χ4v) is 2.68.